The molecule has 0 spiro atoms. The van der Waals surface area contributed by atoms with Gasteiger partial charge < -0.3 is 20.2 Å². The minimum absolute atomic E-state index is 0.0894. The molecule has 0 bridgehead atoms. The van der Waals surface area contributed by atoms with E-state index in [9.17, 15) is 9.59 Å². The van der Waals surface area contributed by atoms with E-state index in [2.05, 4.69) is 10.6 Å². The topological polar surface area (TPSA) is 91.6 Å². The van der Waals surface area contributed by atoms with Crippen molar-refractivity contribution < 1.29 is 19.1 Å². The molecule has 0 aliphatic heterocycles. The third-order valence-electron chi connectivity index (χ3n) is 2.35. The van der Waals surface area contributed by atoms with Gasteiger partial charge in [0.25, 0.3) is 0 Å². The fourth-order valence-corrected chi connectivity index (χ4v) is 1.57. The Hall–Kier alpha value is -1.82. The first-order valence-electron chi connectivity index (χ1n) is 6.03. The molecule has 0 saturated carbocycles. The van der Waals surface area contributed by atoms with Gasteiger partial charge in [-0.1, -0.05) is 0 Å². The molecule has 0 aromatic carbocycles. The van der Waals surface area contributed by atoms with Crippen LogP contribution in [-0.2, 0) is 11.3 Å². The van der Waals surface area contributed by atoms with Crippen molar-refractivity contribution in [2.24, 2.45) is 0 Å². The quantitative estimate of drug-likeness (QED) is 0.748. The van der Waals surface area contributed by atoms with Gasteiger partial charge in [-0.25, -0.2) is 4.79 Å². The number of carbonyl (C=O) groups is 2. The predicted octanol–water partition coefficient (Wildman–Crippen LogP) is 1.29. The highest BCUT2D eigenvalue weighted by Crippen LogP contribution is 2.14. The minimum Gasteiger partial charge on any atom is -0.475 e. The summed E-state index contributed by atoms with van der Waals surface area (Å²) >= 11 is 0. The molecule has 0 aliphatic carbocycles. The molecule has 0 unspecified atom stereocenters. The van der Waals surface area contributed by atoms with Gasteiger partial charge >= 0.3 is 5.97 Å². The van der Waals surface area contributed by atoms with Crippen LogP contribution in [0.5, 0.6) is 0 Å². The van der Waals surface area contributed by atoms with Crippen LogP contribution in [-0.4, -0.2) is 29.1 Å². The van der Waals surface area contributed by atoms with Gasteiger partial charge in [-0.15, -0.1) is 0 Å². The van der Waals surface area contributed by atoms with E-state index < -0.39 is 5.97 Å². The number of nitrogens with one attached hydrogen (secondary N) is 2. The normalized spacial score (nSPS) is 11.4. The van der Waals surface area contributed by atoms with Crippen LogP contribution in [0.2, 0.25) is 0 Å². The standard InChI is InChI=1S/C13H20N2O4/c1-8-9(5-10(19-8)12(17)18)6-14-7-11(16)15-13(2,3)4/h5,14H,6-7H2,1-4H3,(H,15,16)(H,17,18). The largest absolute Gasteiger partial charge is 0.475 e. The van der Waals surface area contributed by atoms with Gasteiger partial charge in [-0.2, -0.15) is 0 Å². The maximum Gasteiger partial charge on any atom is 0.371 e. The molecule has 19 heavy (non-hydrogen) atoms. The van der Waals surface area contributed by atoms with Crippen LogP contribution in [0.3, 0.4) is 0 Å². The molecule has 0 saturated heterocycles. The molecule has 0 fully saturated rings. The van der Waals surface area contributed by atoms with Crippen molar-refractivity contribution in [3.05, 3.63) is 23.2 Å². The Morgan fingerprint density at radius 3 is 2.47 bits per heavy atom. The van der Waals surface area contributed by atoms with Crippen molar-refractivity contribution in [3.63, 3.8) is 0 Å². The summed E-state index contributed by atoms with van der Waals surface area (Å²) in [4.78, 5) is 22.3. The van der Waals surface area contributed by atoms with Crippen LogP contribution in [0, 0.1) is 6.92 Å². The lowest BCUT2D eigenvalue weighted by molar-refractivity contribution is -0.121. The van der Waals surface area contributed by atoms with Crippen molar-refractivity contribution in [2.75, 3.05) is 6.54 Å². The Morgan fingerprint density at radius 1 is 1.37 bits per heavy atom. The first kappa shape index (κ1) is 15.2. The smallest absolute Gasteiger partial charge is 0.371 e. The van der Waals surface area contributed by atoms with E-state index in [0.717, 1.165) is 5.56 Å². The minimum atomic E-state index is -1.10. The lowest BCUT2D eigenvalue weighted by Gasteiger charge is -2.20. The molecule has 3 N–H and O–H groups in total. The Balaban J connectivity index is 2.45. The molecule has 106 valence electrons. The number of carboxylic acid groups (broad SMARTS) is 1. The molecular weight excluding hydrogens is 248 g/mol. The first-order chi connectivity index (χ1) is 8.69. The van der Waals surface area contributed by atoms with E-state index in [4.69, 9.17) is 9.52 Å². The average Bonchev–Trinajstić information content (AvgIpc) is 2.58. The molecule has 0 radical (unpaired) electrons. The van der Waals surface area contributed by atoms with E-state index >= 15 is 0 Å². The van der Waals surface area contributed by atoms with Gasteiger partial charge in [0, 0.05) is 17.6 Å². The molecule has 0 aliphatic rings. The van der Waals surface area contributed by atoms with Crippen LogP contribution in [0.1, 0.15) is 42.6 Å². The summed E-state index contributed by atoms with van der Waals surface area (Å²) in [6.07, 6.45) is 0. The fourth-order valence-electron chi connectivity index (χ4n) is 1.57. The molecule has 1 heterocycles. The maximum absolute atomic E-state index is 11.6. The molecule has 1 aromatic heterocycles. The van der Waals surface area contributed by atoms with Crippen molar-refractivity contribution in [2.45, 2.75) is 39.8 Å². The number of aromatic carboxylic acids is 1. The first-order valence-corrected chi connectivity index (χ1v) is 6.03. The van der Waals surface area contributed by atoms with Crippen LogP contribution in [0.15, 0.2) is 10.5 Å². The summed E-state index contributed by atoms with van der Waals surface area (Å²) < 4.78 is 5.07. The number of amides is 1. The lowest BCUT2D eigenvalue weighted by Crippen LogP contribution is -2.44. The second-order valence-electron chi connectivity index (χ2n) is 5.40. The maximum atomic E-state index is 11.6. The number of hydrogen-bond acceptors (Lipinski definition) is 4. The monoisotopic (exact) mass is 268 g/mol. The average molecular weight is 268 g/mol. The zero-order valence-electron chi connectivity index (χ0n) is 11.7. The Morgan fingerprint density at radius 2 is 2.00 bits per heavy atom. The molecular formula is C13H20N2O4. The molecule has 0 atom stereocenters. The highest BCUT2D eigenvalue weighted by Gasteiger charge is 2.15. The van der Waals surface area contributed by atoms with Gasteiger partial charge in [0.05, 0.1) is 6.54 Å². The number of carboxylic acids is 1. The van der Waals surface area contributed by atoms with Crippen LogP contribution >= 0.6 is 0 Å². The third-order valence-corrected chi connectivity index (χ3v) is 2.35. The SMILES string of the molecule is Cc1oc(C(=O)O)cc1CNCC(=O)NC(C)(C)C. The molecule has 1 rings (SSSR count). The molecule has 6 heteroatoms. The van der Waals surface area contributed by atoms with Gasteiger partial charge in [0.1, 0.15) is 5.76 Å². The second kappa shape index (κ2) is 5.88. The summed E-state index contributed by atoms with van der Waals surface area (Å²) in [5.41, 5.74) is 0.474. The number of aryl methyl sites for hydroxylation is 1. The highest BCUT2D eigenvalue weighted by molar-refractivity contribution is 5.84. The van der Waals surface area contributed by atoms with Crippen LogP contribution < -0.4 is 10.6 Å². The Bertz CT molecular complexity index is 471. The van der Waals surface area contributed by atoms with Gasteiger partial charge in [0.2, 0.25) is 11.7 Å². The van der Waals surface area contributed by atoms with Crippen molar-refractivity contribution in [1.29, 1.82) is 0 Å². The van der Waals surface area contributed by atoms with E-state index in [1.165, 1.54) is 6.07 Å². The fraction of sp³-hybridized carbons (Fsp3) is 0.538. The number of hydrogen-bond donors (Lipinski definition) is 3. The number of furan rings is 1. The highest BCUT2D eigenvalue weighted by atomic mass is 16.4. The van der Waals surface area contributed by atoms with E-state index in [0.29, 0.717) is 12.3 Å². The molecule has 1 aromatic rings. The third kappa shape index (κ3) is 5.13. The van der Waals surface area contributed by atoms with Crippen molar-refractivity contribution >= 4 is 11.9 Å². The Kier molecular flexibility index (Phi) is 4.72. The van der Waals surface area contributed by atoms with Gasteiger partial charge in [0.15, 0.2) is 0 Å². The van der Waals surface area contributed by atoms with Crippen molar-refractivity contribution in [1.82, 2.24) is 10.6 Å². The zero-order chi connectivity index (χ0) is 14.6. The van der Waals surface area contributed by atoms with E-state index in [1.54, 1.807) is 6.92 Å². The molecule has 1 amide bonds. The Labute approximate surface area is 112 Å². The lowest BCUT2D eigenvalue weighted by atomic mass is 10.1. The van der Waals surface area contributed by atoms with Gasteiger partial charge in [-0.3, -0.25) is 4.79 Å². The summed E-state index contributed by atoms with van der Waals surface area (Å²) in [5.74, 6) is -0.749. The number of rotatable bonds is 5. The number of carbonyl (C=O) groups excluding carboxylic acids is 1. The summed E-state index contributed by atoms with van der Waals surface area (Å²) in [5, 5.41) is 14.6. The predicted molar refractivity (Wildman–Crippen MR) is 70.0 cm³/mol. The summed E-state index contributed by atoms with van der Waals surface area (Å²) in [6, 6.07) is 1.46. The molecule has 6 nitrogen and oxygen atoms in total. The van der Waals surface area contributed by atoms with E-state index in [-0.39, 0.29) is 23.8 Å². The van der Waals surface area contributed by atoms with Crippen molar-refractivity contribution in [3.8, 4) is 0 Å². The zero-order valence-corrected chi connectivity index (χ0v) is 11.7. The van der Waals surface area contributed by atoms with Crippen LogP contribution in [0.25, 0.3) is 0 Å². The van der Waals surface area contributed by atoms with Gasteiger partial charge in [-0.05, 0) is 33.8 Å². The van der Waals surface area contributed by atoms with Crippen LogP contribution in [0.4, 0.5) is 0 Å². The van der Waals surface area contributed by atoms with E-state index in [1.807, 2.05) is 20.8 Å². The summed E-state index contributed by atoms with van der Waals surface area (Å²) in [7, 11) is 0. The summed E-state index contributed by atoms with van der Waals surface area (Å²) in [6.45, 7) is 7.97. The second-order valence-corrected chi connectivity index (χ2v) is 5.40.